The van der Waals surface area contributed by atoms with Gasteiger partial charge in [0.05, 0.1) is 16.8 Å². The van der Waals surface area contributed by atoms with Crippen LogP contribution < -0.4 is 5.32 Å². The van der Waals surface area contributed by atoms with Crippen molar-refractivity contribution in [1.82, 2.24) is 15.4 Å². The summed E-state index contributed by atoms with van der Waals surface area (Å²) in [6, 6.07) is 12.3. The van der Waals surface area contributed by atoms with Crippen molar-refractivity contribution >= 4 is 17.9 Å². The number of aryl methyl sites for hydroxylation is 1. The van der Waals surface area contributed by atoms with Crippen molar-refractivity contribution in [3.05, 3.63) is 65.0 Å². The van der Waals surface area contributed by atoms with Crippen LogP contribution in [-0.4, -0.2) is 40.1 Å². The summed E-state index contributed by atoms with van der Waals surface area (Å²) in [5.74, 6) is -0.902. The molecular weight excluding hydrogens is 422 g/mol. The predicted molar refractivity (Wildman–Crippen MR) is 122 cm³/mol. The van der Waals surface area contributed by atoms with Crippen LogP contribution in [0.1, 0.15) is 78.6 Å². The number of imide groups is 1. The lowest BCUT2D eigenvalue weighted by atomic mass is 10.1. The highest BCUT2D eigenvalue weighted by Crippen LogP contribution is 2.23. The van der Waals surface area contributed by atoms with Gasteiger partial charge in [0.15, 0.2) is 0 Å². The van der Waals surface area contributed by atoms with E-state index < -0.39 is 17.4 Å². The molecule has 0 spiro atoms. The molecule has 0 radical (unpaired) electrons. The van der Waals surface area contributed by atoms with Crippen LogP contribution in [-0.2, 0) is 22.6 Å². The van der Waals surface area contributed by atoms with Gasteiger partial charge in [0.1, 0.15) is 12.2 Å². The zero-order valence-corrected chi connectivity index (χ0v) is 19.4. The molecule has 1 N–H and O–H groups in total. The van der Waals surface area contributed by atoms with Crippen LogP contribution in [0.5, 0.6) is 0 Å². The second kappa shape index (κ2) is 11.0. The minimum absolute atomic E-state index is 0.0373. The molecule has 3 amide bonds. The molecule has 2 heterocycles. The third kappa shape index (κ3) is 7.12. The van der Waals surface area contributed by atoms with Gasteiger partial charge >= 0.3 is 6.09 Å². The Kier molecular flexibility index (Phi) is 8.16. The second-order valence-electron chi connectivity index (χ2n) is 8.94. The Morgan fingerprint density at radius 1 is 0.909 bits per heavy atom. The fourth-order valence-electron chi connectivity index (χ4n) is 3.45. The summed E-state index contributed by atoms with van der Waals surface area (Å²) < 4.78 is 5.21. The van der Waals surface area contributed by atoms with E-state index in [1.807, 2.05) is 39.0 Å². The van der Waals surface area contributed by atoms with Crippen molar-refractivity contribution in [2.45, 2.75) is 65.1 Å². The Hall–Kier alpha value is -3.26. The molecule has 0 fully saturated rings. The molecule has 1 aromatic carbocycles. The minimum atomic E-state index is -0.485. The number of hydroxylamine groups is 2. The number of nitrogens with zero attached hydrogens (tertiary/aromatic N) is 2. The number of fused-ring (bicyclic) bond motifs is 1. The molecule has 1 aliphatic rings. The molecule has 3 rings (SSSR count). The van der Waals surface area contributed by atoms with Crippen molar-refractivity contribution in [3.63, 3.8) is 0 Å². The first-order valence-electron chi connectivity index (χ1n) is 11.3. The third-order valence-electron chi connectivity index (χ3n) is 4.99. The van der Waals surface area contributed by atoms with Gasteiger partial charge in [0.2, 0.25) is 0 Å². The van der Waals surface area contributed by atoms with Gasteiger partial charge in [0.25, 0.3) is 11.8 Å². The monoisotopic (exact) mass is 453 g/mol. The van der Waals surface area contributed by atoms with Crippen LogP contribution in [0, 0.1) is 0 Å². The summed E-state index contributed by atoms with van der Waals surface area (Å²) >= 11 is 0. The van der Waals surface area contributed by atoms with Gasteiger partial charge in [0, 0.05) is 12.2 Å². The van der Waals surface area contributed by atoms with Crippen molar-refractivity contribution < 1.29 is 24.0 Å². The largest absolute Gasteiger partial charge is 0.444 e. The van der Waals surface area contributed by atoms with Crippen LogP contribution in [0.2, 0.25) is 0 Å². The van der Waals surface area contributed by atoms with E-state index in [4.69, 9.17) is 9.57 Å². The molecular formula is C25H31N3O5. The maximum absolute atomic E-state index is 12.4. The topological polar surface area (TPSA) is 97.8 Å². The van der Waals surface area contributed by atoms with Crippen molar-refractivity contribution in [2.75, 3.05) is 6.54 Å². The second-order valence-corrected chi connectivity index (χ2v) is 8.94. The van der Waals surface area contributed by atoms with E-state index >= 15 is 0 Å². The average Bonchev–Trinajstić information content (AvgIpc) is 3.01. The van der Waals surface area contributed by atoms with Gasteiger partial charge < -0.3 is 10.1 Å². The number of rotatable bonds is 10. The molecule has 1 aliphatic heterocycles. The zero-order valence-electron chi connectivity index (χ0n) is 19.4. The van der Waals surface area contributed by atoms with Crippen molar-refractivity contribution in [2.24, 2.45) is 0 Å². The Balaban J connectivity index is 1.36. The van der Waals surface area contributed by atoms with E-state index in [0.29, 0.717) is 23.4 Å². The first-order chi connectivity index (χ1) is 15.7. The Morgan fingerprint density at radius 3 is 2.21 bits per heavy atom. The summed E-state index contributed by atoms with van der Waals surface area (Å²) in [5.41, 5.74) is 1.81. The molecule has 0 aliphatic carbocycles. The molecule has 0 saturated carbocycles. The maximum Gasteiger partial charge on any atom is 0.407 e. The van der Waals surface area contributed by atoms with E-state index in [9.17, 15) is 14.4 Å². The van der Waals surface area contributed by atoms with Gasteiger partial charge in [-0.1, -0.05) is 31.0 Å². The quantitative estimate of drug-likeness (QED) is 0.422. The highest BCUT2D eigenvalue weighted by atomic mass is 16.7. The smallest absolute Gasteiger partial charge is 0.407 e. The molecule has 0 atom stereocenters. The summed E-state index contributed by atoms with van der Waals surface area (Å²) in [7, 11) is 0. The first-order valence-corrected chi connectivity index (χ1v) is 11.3. The summed E-state index contributed by atoms with van der Waals surface area (Å²) in [6.45, 7) is 6.15. The number of hydrogen-bond acceptors (Lipinski definition) is 6. The number of nitrogens with one attached hydrogen (secondary N) is 1. The van der Waals surface area contributed by atoms with Gasteiger partial charge in [-0.05, 0) is 64.3 Å². The van der Waals surface area contributed by atoms with Crippen molar-refractivity contribution in [1.29, 1.82) is 0 Å². The number of benzene rings is 1. The van der Waals surface area contributed by atoms with Crippen LogP contribution in [0.15, 0.2) is 42.5 Å². The van der Waals surface area contributed by atoms with Crippen molar-refractivity contribution in [3.8, 4) is 0 Å². The Labute approximate surface area is 194 Å². The molecule has 1 aromatic heterocycles. The predicted octanol–water partition coefficient (Wildman–Crippen LogP) is 4.44. The molecule has 8 heteroatoms. The number of pyridine rings is 1. The highest BCUT2D eigenvalue weighted by Gasteiger charge is 2.36. The maximum atomic E-state index is 12.4. The van der Waals surface area contributed by atoms with Crippen LogP contribution in [0.4, 0.5) is 4.79 Å². The van der Waals surface area contributed by atoms with Crippen LogP contribution in [0.3, 0.4) is 0 Å². The number of unbranched alkanes of at least 4 members (excludes halogenated alkanes) is 3. The lowest BCUT2D eigenvalue weighted by Gasteiger charge is -2.19. The SMILES string of the molecule is CC(C)(C)OC(=O)NCCCCCCc1cccc(CON2C(=O)c3ccccc3C2=O)n1. The van der Waals surface area contributed by atoms with E-state index in [2.05, 4.69) is 10.3 Å². The van der Waals surface area contributed by atoms with Crippen LogP contribution in [0.25, 0.3) is 0 Å². The van der Waals surface area contributed by atoms with E-state index in [-0.39, 0.29) is 12.7 Å². The van der Waals surface area contributed by atoms with Gasteiger partial charge in [-0.2, -0.15) is 0 Å². The summed E-state index contributed by atoms with van der Waals surface area (Å²) in [5, 5.41) is 3.58. The number of hydrogen-bond donors (Lipinski definition) is 1. The first kappa shape index (κ1) is 24.4. The Morgan fingerprint density at radius 2 is 1.55 bits per heavy atom. The Bertz CT molecular complexity index is 965. The number of ether oxygens (including phenoxy) is 1. The number of alkyl carbamates (subject to hydrolysis) is 1. The lowest BCUT2D eigenvalue weighted by molar-refractivity contribution is -0.102. The van der Waals surface area contributed by atoms with E-state index in [0.717, 1.165) is 42.9 Å². The third-order valence-corrected chi connectivity index (χ3v) is 4.99. The fourth-order valence-corrected chi connectivity index (χ4v) is 3.45. The summed E-state index contributed by atoms with van der Waals surface area (Å²) in [6.07, 6.45) is 4.32. The van der Waals surface area contributed by atoms with Crippen LogP contribution >= 0.6 is 0 Å². The highest BCUT2D eigenvalue weighted by molar-refractivity contribution is 6.20. The number of carbonyl (C=O) groups is 3. The zero-order chi connectivity index (χ0) is 23.8. The van der Waals surface area contributed by atoms with E-state index in [1.54, 1.807) is 24.3 Å². The van der Waals surface area contributed by atoms with Gasteiger partial charge in [-0.15, -0.1) is 5.06 Å². The molecule has 0 saturated heterocycles. The average molecular weight is 454 g/mol. The normalized spacial score (nSPS) is 13.2. The molecule has 176 valence electrons. The van der Waals surface area contributed by atoms with Gasteiger partial charge in [-0.3, -0.25) is 19.4 Å². The molecule has 8 nitrogen and oxygen atoms in total. The molecule has 33 heavy (non-hydrogen) atoms. The number of aromatic nitrogens is 1. The lowest BCUT2D eigenvalue weighted by Crippen LogP contribution is -2.32. The minimum Gasteiger partial charge on any atom is -0.444 e. The number of amides is 3. The van der Waals surface area contributed by atoms with Gasteiger partial charge in [-0.25, -0.2) is 4.79 Å². The summed E-state index contributed by atoms with van der Waals surface area (Å²) in [4.78, 5) is 46.4. The molecule has 2 aromatic rings. The number of carbonyl (C=O) groups excluding carboxylic acids is 3. The molecule has 0 bridgehead atoms. The van der Waals surface area contributed by atoms with E-state index in [1.165, 1.54) is 0 Å². The standard InChI is InChI=1S/C25H31N3O5/c1-25(2,3)33-24(31)26-16-9-5-4-6-11-18-12-10-13-19(27-18)17-32-28-22(29)20-14-7-8-15-21(20)23(28)30/h7-8,10,12-15H,4-6,9,11,16-17H2,1-3H3,(H,26,31). The fraction of sp³-hybridized carbons (Fsp3) is 0.440. The molecule has 0 unspecified atom stereocenters.